The monoisotopic (exact) mass is 277 g/mol. The van der Waals surface area contributed by atoms with E-state index in [1.165, 1.54) is 5.56 Å². The lowest BCUT2D eigenvalue weighted by Gasteiger charge is -2.06. The molecule has 2 N–H and O–H groups in total. The summed E-state index contributed by atoms with van der Waals surface area (Å²) < 4.78 is 5.64. The number of anilines is 1. The minimum absolute atomic E-state index is 0. The van der Waals surface area contributed by atoms with Gasteiger partial charge in [0.25, 0.3) is 0 Å². The highest BCUT2D eigenvalue weighted by Crippen LogP contribution is 2.11. The summed E-state index contributed by atoms with van der Waals surface area (Å²) in [6, 6.07) is 18.0. The maximum absolute atomic E-state index is 5.65. The van der Waals surface area contributed by atoms with Crippen LogP contribution in [0.3, 0.4) is 0 Å². The standard InChI is InChI=1S/C16H19NO.ClH/c17-15-11-9-14(10-12-15)6-4-5-13-18-16-7-2-1-3-8-16;/h1-3,7-12H,4-6,13,17H2;1H. The van der Waals surface area contributed by atoms with E-state index < -0.39 is 0 Å². The molecule has 19 heavy (non-hydrogen) atoms. The first-order valence-electron chi connectivity index (χ1n) is 6.37. The van der Waals surface area contributed by atoms with Gasteiger partial charge in [-0.25, -0.2) is 0 Å². The summed E-state index contributed by atoms with van der Waals surface area (Å²) in [7, 11) is 0. The second-order valence-electron chi connectivity index (χ2n) is 4.36. The molecule has 0 aliphatic carbocycles. The summed E-state index contributed by atoms with van der Waals surface area (Å²) in [4.78, 5) is 0. The highest BCUT2D eigenvalue weighted by Gasteiger charge is 1.95. The normalized spacial score (nSPS) is 9.68. The van der Waals surface area contributed by atoms with Crippen LogP contribution in [0.5, 0.6) is 5.75 Å². The number of ether oxygens (including phenoxy) is 1. The van der Waals surface area contributed by atoms with Crippen molar-refractivity contribution in [3.8, 4) is 5.75 Å². The maximum Gasteiger partial charge on any atom is 0.119 e. The first-order valence-corrected chi connectivity index (χ1v) is 6.37. The Morgan fingerprint density at radius 1 is 0.842 bits per heavy atom. The fourth-order valence-corrected chi connectivity index (χ4v) is 1.82. The van der Waals surface area contributed by atoms with Gasteiger partial charge in [-0.1, -0.05) is 30.3 Å². The van der Waals surface area contributed by atoms with Crippen molar-refractivity contribution in [1.29, 1.82) is 0 Å². The molecular weight excluding hydrogens is 258 g/mol. The zero-order chi connectivity index (χ0) is 12.6. The van der Waals surface area contributed by atoms with Crippen molar-refractivity contribution in [3.63, 3.8) is 0 Å². The Labute approximate surface area is 121 Å². The van der Waals surface area contributed by atoms with Gasteiger partial charge in [0.15, 0.2) is 0 Å². The first-order chi connectivity index (χ1) is 8.84. The van der Waals surface area contributed by atoms with Gasteiger partial charge in [0.05, 0.1) is 6.61 Å². The molecule has 0 atom stereocenters. The van der Waals surface area contributed by atoms with E-state index >= 15 is 0 Å². The fourth-order valence-electron chi connectivity index (χ4n) is 1.82. The van der Waals surface area contributed by atoms with Gasteiger partial charge in [-0.15, -0.1) is 12.4 Å². The van der Waals surface area contributed by atoms with Crippen LogP contribution in [0.25, 0.3) is 0 Å². The van der Waals surface area contributed by atoms with Crippen molar-refractivity contribution in [2.75, 3.05) is 12.3 Å². The average Bonchev–Trinajstić information content (AvgIpc) is 2.42. The largest absolute Gasteiger partial charge is 0.494 e. The molecule has 102 valence electrons. The number of para-hydroxylation sites is 1. The van der Waals surface area contributed by atoms with Crippen LogP contribution in [0, 0.1) is 0 Å². The van der Waals surface area contributed by atoms with Crippen LogP contribution in [0.1, 0.15) is 18.4 Å². The summed E-state index contributed by atoms with van der Waals surface area (Å²) in [6.07, 6.45) is 3.29. The molecule has 0 spiro atoms. The minimum Gasteiger partial charge on any atom is -0.494 e. The Kier molecular flexibility index (Phi) is 6.83. The molecule has 0 amide bonds. The Morgan fingerprint density at radius 2 is 1.53 bits per heavy atom. The van der Waals surface area contributed by atoms with Crippen LogP contribution < -0.4 is 10.5 Å². The van der Waals surface area contributed by atoms with Crippen LogP contribution in [0.15, 0.2) is 54.6 Å². The van der Waals surface area contributed by atoms with Crippen molar-refractivity contribution < 1.29 is 4.74 Å². The highest BCUT2D eigenvalue weighted by atomic mass is 35.5. The van der Waals surface area contributed by atoms with E-state index in [-0.39, 0.29) is 12.4 Å². The molecule has 0 heterocycles. The molecule has 2 rings (SSSR count). The molecule has 0 unspecified atom stereocenters. The van der Waals surface area contributed by atoms with Crippen molar-refractivity contribution in [3.05, 3.63) is 60.2 Å². The number of rotatable bonds is 6. The molecule has 0 aromatic heterocycles. The summed E-state index contributed by atoms with van der Waals surface area (Å²) in [5.74, 6) is 0.949. The number of hydrogen-bond donors (Lipinski definition) is 1. The lowest BCUT2D eigenvalue weighted by Crippen LogP contribution is -1.98. The Morgan fingerprint density at radius 3 is 2.21 bits per heavy atom. The van der Waals surface area contributed by atoms with Crippen LogP contribution in [0.4, 0.5) is 5.69 Å². The molecule has 0 saturated heterocycles. The van der Waals surface area contributed by atoms with Gasteiger partial charge in [-0.3, -0.25) is 0 Å². The molecule has 2 nitrogen and oxygen atoms in total. The summed E-state index contributed by atoms with van der Waals surface area (Å²) in [5, 5.41) is 0. The number of aryl methyl sites for hydroxylation is 1. The Hall–Kier alpha value is -1.67. The van der Waals surface area contributed by atoms with Gasteiger partial charge in [0, 0.05) is 5.69 Å². The lowest BCUT2D eigenvalue weighted by atomic mass is 10.1. The molecule has 0 radical (unpaired) electrons. The number of unbranched alkanes of at least 4 members (excludes halogenated alkanes) is 1. The smallest absolute Gasteiger partial charge is 0.119 e. The topological polar surface area (TPSA) is 35.2 Å². The summed E-state index contributed by atoms with van der Waals surface area (Å²) in [6.45, 7) is 0.777. The number of benzene rings is 2. The molecule has 0 saturated carbocycles. The van der Waals surface area contributed by atoms with Gasteiger partial charge in [-0.05, 0) is 49.1 Å². The van der Waals surface area contributed by atoms with Crippen LogP contribution in [-0.4, -0.2) is 6.61 Å². The first kappa shape index (κ1) is 15.4. The SMILES string of the molecule is Cl.Nc1ccc(CCCCOc2ccccc2)cc1. The zero-order valence-corrected chi connectivity index (χ0v) is 11.7. The van der Waals surface area contributed by atoms with Crippen LogP contribution in [-0.2, 0) is 6.42 Å². The highest BCUT2D eigenvalue weighted by molar-refractivity contribution is 5.85. The second kappa shape index (κ2) is 8.44. The number of nitrogens with two attached hydrogens (primary N) is 1. The summed E-state index contributed by atoms with van der Waals surface area (Å²) >= 11 is 0. The number of hydrogen-bond acceptors (Lipinski definition) is 2. The van der Waals surface area contributed by atoms with Crippen LogP contribution in [0.2, 0.25) is 0 Å². The van der Waals surface area contributed by atoms with E-state index in [2.05, 4.69) is 12.1 Å². The van der Waals surface area contributed by atoms with Crippen LogP contribution >= 0.6 is 12.4 Å². The molecule has 3 heteroatoms. The van der Waals surface area contributed by atoms with Gasteiger partial charge >= 0.3 is 0 Å². The third-order valence-corrected chi connectivity index (χ3v) is 2.85. The molecule has 0 fully saturated rings. The number of nitrogen functional groups attached to an aromatic ring is 1. The van der Waals surface area contributed by atoms with E-state index in [1.807, 2.05) is 42.5 Å². The molecule has 0 aliphatic rings. The lowest BCUT2D eigenvalue weighted by molar-refractivity contribution is 0.307. The van der Waals surface area contributed by atoms with Crippen molar-refractivity contribution in [1.82, 2.24) is 0 Å². The van der Waals surface area contributed by atoms with E-state index in [4.69, 9.17) is 10.5 Å². The average molecular weight is 278 g/mol. The van der Waals surface area contributed by atoms with Gasteiger partial charge in [0.1, 0.15) is 5.75 Å². The predicted molar refractivity (Wildman–Crippen MR) is 83.0 cm³/mol. The van der Waals surface area contributed by atoms with Crippen molar-refractivity contribution in [2.45, 2.75) is 19.3 Å². The van der Waals surface area contributed by atoms with E-state index in [0.717, 1.165) is 37.3 Å². The zero-order valence-electron chi connectivity index (χ0n) is 10.9. The summed E-state index contributed by atoms with van der Waals surface area (Å²) in [5.41, 5.74) is 7.81. The Bertz CT molecular complexity index is 456. The molecule has 0 bridgehead atoms. The quantitative estimate of drug-likeness (QED) is 0.637. The van der Waals surface area contributed by atoms with Crippen molar-refractivity contribution in [2.24, 2.45) is 0 Å². The predicted octanol–water partition coefficient (Wildman–Crippen LogP) is 4.09. The van der Waals surface area contributed by atoms with Gasteiger partial charge in [0.2, 0.25) is 0 Å². The van der Waals surface area contributed by atoms with E-state index in [9.17, 15) is 0 Å². The second-order valence-corrected chi connectivity index (χ2v) is 4.36. The molecular formula is C16H20ClNO. The maximum atomic E-state index is 5.65. The number of halogens is 1. The van der Waals surface area contributed by atoms with Gasteiger partial charge < -0.3 is 10.5 Å². The minimum atomic E-state index is 0. The van der Waals surface area contributed by atoms with E-state index in [0.29, 0.717) is 0 Å². The van der Waals surface area contributed by atoms with Gasteiger partial charge in [-0.2, -0.15) is 0 Å². The third-order valence-electron chi connectivity index (χ3n) is 2.85. The fraction of sp³-hybridized carbons (Fsp3) is 0.250. The molecule has 2 aromatic rings. The van der Waals surface area contributed by atoms with Crippen molar-refractivity contribution >= 4 is 18.1 Å². The third kappa shape index (κ3) is 5.66. The molecule has 0 aliphatic heterocycles. The molecule has 2 aromatic carbocycles. The van der Waals surface area contributed by atoms with E-state index in [1.54, 1.807) is 0 Å². The Balaban J connectivity index is 0.00000180.